The second kappa shape index (κ2) is 6.66. The fourth-order valence-corrected chi connectivity index (χ4v) is 3.27. The standard InChI is InChI=1S/C12H19O5PS/c1-4-18(13,5-2)16-10-17-19(14,15)12-8-6-11(3)7-9-12/h6-9H,4-5,10H2,1-3H3. The third-order valence-electron chi connectivity index (χ3n) is 2.76. The molecule has 1 aromatic rings. The molecule has 0 fully saturated rings. The highest BCUT2D eigenvalue weighted by molar-refractivity contribution is 7.86. The van der Waals surface area contributed by atoms with Crippen LogP contribution in [0.4, 0.5) is 0 Å². The minimum Gasteiger partial charge on any atom is -0.300 e. The molecule has 0 aliphatic heterocycles. The zero-order chi connectivity index (χ0) is 14.5. The van der Waals surface area contributed by atoms with Crippen molar-refractivity contribution in [3.8, 4) is 0 Å². The van der Waals surface area contributed by atoms with Crippen molar-refractivity contribution in [3.63, 3.8) is 0 Å². The van der Waals surface area contributed by atoms with Crippen molar-refractivity contribution in [2.24, 2.45) is 0 Å². The van der Waals surface area contributed by atoms with E-state index in [1.807, 2.05) is 6.92 Å². The fraction of sp³-hybridized carbons (Fsp3) is 0.500. The second-order valence-electron chi connectivity index (χ2n) is 4.08. The van der Waals surface area contributed by atoms with E-state index in [0.29, 0.717) is 12.3 Å². The van der Waals surface area contributed by atoms with E-state index in [1.165, 1.54) is 12.1 Å². The van der Waals surface area contributed by atoms with Crippen molar-refractivity contribution < 1.29 is 21.7 Å². The van der Waals surface area contributed by atoms with Gasteiger partial charge in [0.1, 0.15) is 0 Å². The molecule has 0 N–H and O–H groups in total. The maximum absolute atomic E-state index is 11.9. The summed E-state index contributed by atoms with van der Waals surface area (Å²) in [6.45, 7) is 4.81. The number of benzene rings is 1. The molecule has 7 heteroatoms. The molecule has 0 amide bonds. The summed E-state index contributed by atoms with van der Waals surface area (Å²) in [5, 5.41) is 0. The molecule has 5 nitrogen and oxygen atoms in total. The van der Waals surface area contributed by atoms with Crippen molar-refractivity contribution in [2.75, 3.05) is 19.1 Å². The van der Waals surface area contributed by atoms with Gasteiger partial charge in [-0.15, -0.1) is 0 Å². The van der Waals surface area contributed by atoms with Crippen molar-refractivity contribution in [1.29, 1.82) is 0 Å². The van der Waals surface area contributed by atoms with Crippen LogP contribution in [0.5, 0.6) is 0 Å². The summed E-state index contributed by atoms with van der Waals surface area (Å²) in [5.41, 5.74) is 0.955. The molecule has 108 valence electrons. The third-order valence-corrected chi connectivity index (χ3v) is 6.52. The second-order valence-corrected chi connectivity index (χ2v) is 8.85. The lowest BCUT2D eigenvalue weighted by Crippen LogP contribution is -2.10. The first kappa shape index (κ1) is 16.4. The summed E-state index contributed by atoms with van der Waals surface area (Å²) in [6, 6.07) is 6.29. The summed E-state index contributed by atoms with van der Waals surface area (Å²) >= 11 is 0. The molecule has 1 rings (SSSR count). The molecule has 0 aliphatic rings. The van der Waals surface area contributed by atoms with Gasteiger partial charge in [-0.25, -0.2) is 4.18 Å². The average molecular weight is 306 g/mol. The highest BCUT2D eigenvalue weighted by atomic mass is 32.2. The zero-order valence-electron chi connectivity index (χ0n) is 11.3. The van der Waals surface area contributed by atoms with E-state index in [4.69, 9.17) is 8.71 Å². The van der Waals surface area contributed by atoms with E-state index in [2.05, 4.69) is 0 Å². The van der Waals surface area contributed by atoms with E-state index >= 15 is 0 Å². The van der Waals surface area contributed by atoms with Crippen LogP contribution in [0.1, 0.15) is 19.4 Å². The van der Waals surface area contributed by atoms with Crippen LogP contribution >= 0.6 is 7.37 Å². The summed E-state index contributed by atoms with van der Waals surface area (Å²) in [4.78, 5) is 0.0597. The Balaban J connectivity index is 2.66. The fourth-order valence-electron chi connectivity index (χ4n) is 1.36. The molecule has 0 saturated heterocycles. The van der Waals surface area contributed by atoms with Gasteiger partial charge in [-0.05, 0) is 19.1 Å². The van der Waals surface area contributed by atoms with Gasteiger partial charge in [0.2, 0.25) is 7.37 Å². The van der Waals surface area contributed by atoms with Crippen molar-refractivity contribution >= 4 is 17.5 Å². The van der Waals surface area contributed by atoms with E-state index in [-0.39, 0.29) is 4.90 Å². The quantitative estimate of drug-likeness (QED) is 0.440. The molecule has 0 spiro atoms. The van der Waals surface area contributed by atoms with Crippen molar-refractivity contribution in [2.45, 2.75) is 25.7 Å². The maximum atomic E-state index is 11.9. The first-order valence-corrected chi connectivity index (χ1v) is 9.42. The van der Waals surface area contributed by atoms with Gasteiger partial charge in [-0.1, -0.05) is 31.5 Å². The Morgan fingerprint density at radius 2 is 1.63 bits per heavy atom. The Morgan fingerprint density at radius 1 is 1.11 bits per heavy atom. The molecule has 19 heavy (non-hydrogen) atoms. The summed E-state index contributed by atoms with van der Waals surface area (Å²) < 4.78 is 45.3. The predicted molar refractivity (Wildman–Crippen MR) is 74.1 cm³/mol. The minimum atomic E-state index is -3.86. The van der Waals surface area contributed by atoms with Gasteiger partial charge < -0.3 is 0 Å². The largest absolute Gasteiger partial charge is 0.300 e. The highest BCUT2D eigenvalue weighted by Gasteiger charge is 2.20. The third kappa shape index (κ3) is 4.73. The average Bonchev–Trinajstić information content (AvgIpc) is 2.39. The van der Waals surface area contributed by atoms with E-state index < -0.39 is 24.3 Å². The Kier molecular flexibility index (Phi) is 5.74. The lowest BCUT2D eigenvalue weighted by atomic mass is 10.2. The van der Waals surface area contributed by atoms with Gasteiger partial charge >= 0.3 is 0 Å². The molecule has 0 saturated carbocycles. The monoisotopic (exact) mass is 306 g/mol. The lowest BCUT2D eigenvalue weighted by molar-refractivity contribution is 0.129. The number of hydrogen-bond acceptors (Lipinski definition) is 5. The van der Waals surface area contributed by atoms with Crippen LogP contribution in [-0.4, -0.2) is 27.5 Å². The number of rotatable bonds is 7. The Labute approximate surface area is 114 Å². The van der Waals surface area contributed by atoms with Gasteiger partial charge in [-0.3, -0.25) is 9.09 Å². The minimum absolute atomic E-state index is 0.0597. The molecule has 0 aromatic heterocycles. The molecule has 0 radical (unpaired) electrons. The normalized spacial score (nSPS) is 12.6. The first-order valence-electron chi connectivity index (χ1n) is 6.01. The molecular formula is C12H19O5PS. The zero-order valence-corrected chi connectivity index (χ0v) is 13.0. The molecular weight excluding hydrogens is 287 g/mol. The van der Waals surface area contributed by atoms with Crippen LogP contribution in [0.15, 0.2) is 29.2 Å². The molecule has 0 bridgehead atoms. The number of hydrogen-bond donors (Lipinski definition) is 0. The Bertz CT molecular complexity index is 542. The smallest absolute Gasteiger partial charge is 0.299 e. The Morgan fingerprint density at radius 3 is 2.11 bits per heavy atom. The predicted octanol–water partition coefficient (Wildman–Crippen LogP) is 2.99. The molecule has 0 unspecified atom stereocenters. The van der Waals surface area contributed by atoms with E-state index in [1.54, 1.807) is 26.0 Å². The van der Waals surface area contributed by atoms with Gasteiger partial charge in [0, 0.05) is 12.3 Å². The van der Waals surface area contributed by atoms with Gasteiger partial charge in [0.05, 0.1) is 4.90 Å². The van der Waals surface area contributed by atoms with E-state index in [9.17, 15) is 13.0 Å². The highest BCUT2D eigenvalue weighted by Crippen LogP contribution is 2.45. The van der Waals surface area contributed by atoms with Crippen LogP contribution in [0.2, 0.25) is 0 Å². The van der Waals surface area contributed by atoms with Crippen LogP contribution in [0, 0.1) is 6.92 Å². The molecule has 0 heterocycles. The molecule has 0 atom stereocenters. The maximum Gasteiger partial charge on any atom is 0.299 e. The summed E-state index contributed by atoms with van der Waals surface area (Å²) in [6.07, 6.45) is 0.717. The summed E-state index contributed by atoms with van der Waals surface area (Å²) in [5.74, 6) is 0. The van der Waals surface area contributed by atoms with Crippen LogP contribution in [-0.2, 0) is 23.4 Å². The van der Waals surface area contributed by atoms with Gasteiger partial charge in [0.15, 0.2) is 6.79 Å². The number of aryl methyl sites for hydroxylation is 1. The molecule has 1 aromatic carbocycles. The molecule has 0 aliphatic carbocycles. The topological polar surface area (TPSA) is 69.7 Å². The van der Waals surface area contributed by atoms with Crippen LogP contribution in [0.3, 0.4) is 0 Å². The van der Waals surface area contributed by atoms with Gasteiger partial charge in [-0.2, -0.15) is 8.42 Å². The summed E-state index contributed by atoms with van der Waals surface area (Å²) in [7, 11) is -6.62. The SMILES string of the molecule is CCP(=O)(CC)OCOS(=O)(=O)c1ccc(C)cc1. The van der Waals surface area contributed by atoms with Crippen LogP contribution in [0.25, 0.3) is 0 Å². The van der Waals surface area contributed by atoms with Crippen molar-refractivity contribution in [3.05, 3.63) is 29.8 Å². The first-order chi connectivity index (χ1) is 8.83. The van der Waals surface area contributed by atoms with Crippen LogP contribution < -0.4 is 0 Å². The lowest BCUT2D eigenvalue weighted by Gasteiger charge is -2.14. The van der Waals surface area contributed by atoms with E-state index in [0.717, 1.165) is 5.56 Å². The Hall–Kier alpha value is -0.680. The van der Waals surface area contributed by atoms with Crippen molar-refractivity contribution in [1.82, 2.24) is 0 Å². The van der Waals surface area contributed by atoms with Gasteiger partial charge in [0.25, 0.3) is 10.1 Å².